The standard InChI is InChI=1S/C11H13N3O2S/c1-7(8-3-4-17-5-8)14-10-9(16-2)11(15)13-6-12-10/h3-7H,1-2H3,(H2,12,13,14,15). The fourth-order valence-electron chi connectivity index (χ4n) is 1.49. The minimum absolute atomic E-state index is 0.0736. The number of hydrogen-bond donors (Lipinski definition) is 2. The zero-order chi connectivity index (χ0) is 12.3. The molecule has 2 aromatic heterocycles. The average Bonchev–Trinajstić information content (AvgIpc) is 2.82. The third-order valence-corrected chi connectivity index (χ3v) is 3.11. The summed E-state index contributed by atoms with van der Waals surface area (Å²) in [5.41, 5.74) is 0.863. The highest BCUT2D eigenvalue weighted by Crippen LogP contribution is 2.23. The predicted molar refractivity (Wildman–Crippen MR) is 67.8 cm³/mol. The van der Waals surface area contributed by atoms with Crippen LogP contribution in [0.1, 0.15) is 18.5 Å². The average molecular weight is 251 g/mol. The number of nitrogens with zero attached hydrogens (tertiary/aromatic N) is 1. The van der Waals surface area contributed by atoms with Gasteiger partial charge >= 0.3 is 0 Å². The van der Waals surface area contributed by atoms with E-state index in [9.17, 15) is 4.79 Å². The van der Waals surface area contributed by atoms with E-state index in [1.807, 2.05) is 18.4 Å². The van der Waals surface area contributed by atoms with Gasteiger partial charge in [-0.2, -0.15) is 11.3 Å². The number of methoxy groups -OCH3 is 1. The van der Waals surface area contributed by atoms with Crippen molar-refractivity contribution in [3.05, 3.63) is 39.1 Å². The van der Waals surface area contributed by atoms with Crippen molar-refractivity contribution in [3.63, 3.8) is 0 Å². The molecule has 0 fully saturated rings. The number of anilines is 1. The Labute approximate surface area is 102 Å². The molecule has 17 heavy (non-hydrogen) atoms. The molecular formula is C11H13N3O2S. The molecule has 2 N–H and O–H groups in total. The molecule has 0 spiro atoms. The van der Waals surface area contributed by atoms with E-state index in [1.165, 1.54) is 13.4 Å². The van der Waals surface area contributed by atoms with Crippen LogP contribution >= 0.6 is 11.3 Å². The van der Waals surface area contributed by atoms with Crippen molar-refractivity contribution in [3.8, 4) is 5.75 Å². The molecule has 6 heteroatoms. The van der Waals surface area contributed by atoms with Gasteiger partial charge in [-0.1, -0.05) is 0 Å². The van der Waals surface area contributed by atoms with Gasteiger partial charge < -0.3 is 15.0 Å². The van der Waals surface area contributed by atoms with Crippen LogP contribution in [0.2, 0.25) is 0 Å². The number of rotatable bonds is 4. The Bertz CT molecular complexity index is 536. The van der Waals surface area contributed by atoms with Crippen LogP contribution in [-0.4, -0.2) is 17.1 Å². The van der Waals surface area contributed by atoms with Gasteiger partial charge in [-0.3, -0.25) is 4.79 Å². The topological polar surface area (TPSA) is 67.0 Å². The minimum atomic E-state index is -0.289. The van der Waals surface area contributed by atoms with Crippen molar-refractivity contribution in [1.82, 2.24) is 9.97 Å². The van der Waals surface area contributed by atoms with Gasteiger partial charge in [0.25, 0.3) is 5.56 Å². The molecule has 1 atom stereocenters. The third kappa shape index (κ3) is 2.47. The summed E-state index contributed by atoms with van der Waals surface area (Å²) in [6.07, 6.45) is 1.35. The SMILES string of the molecule is COc1c(NC(C)c2ccsc2)nc[nH]c1=O. The first kappa shape index (κ1) is 11.7. The smallest absolute Gasteiger partial charge is 0.295 e. The second-order valence-corrected chi connectivity index (χ2v) is 4.32. The maximum absolute atomic E-state index is 11.5. The molecule has 1 unspecified atom stereocenters. The monoisotopic (exact) mass is 251 g/mol. The zero-order valence-corrected chi connectivity index (χ0v) is 10.4. The van der Waals surface area contributed by atoms with Crippen LogP contribution in [-0.2, 0) is 0 Å². The fraction of sp³-hybridized carbons (Fsp3) is 0.273. The van der Waals surface area contributed by atoms with Gasteiger partial charge in [0.1, 0.15) is 0 Å². The number of hydrogen-bond acceptors (Lipinski definition) is 5. The number of ether oxygens (including phenoxy) is 1. The highest BCUT2D eigenvalue weighted by Gasteiger charge is 2.12. The summed E-state index contributed by atoms with van der Waals surface area (Å²) in [6, 6.07) is 2.10. The number of aromatic amines is 1. The normalized spacial score (nSPS) is 12.1. The van der Waals surface area contributed by atoms with Crippen molar-refractivity contribution in [1.29, 1.82) is 0 Å². The molecule has 0 aliphatic rings. The molecule has 5 nitrogen and oxygen atoms in total. The summed E-state index contributed by atoms with van der Waals surface area (Å²) < 4.78 is 5.03. The van der Waals surface area contributed by atoms with Crippen LogP contribution in [0, 0.1) is 0 Å². The summed E-state index contributed by atoms with van der Waals surface area (Å²) in [7, 11) is 1.45. The first-order valence-electron chi connectivity index (χ1n) is 5.12. The van der Waals surface area contributed by atoms with Gasteiger partial charge in [0.15, 0.2) is 5.82 Å². The Morgan fingerprint density at radius 3 is 3.06 bits per heavy atom. The lowest BCUT2D eigenvalue weighted by molar-refractivity contribution is 0.407. The Morgan fingerprint density at radius 1 is 1.59 bits per heavy atom. The van der Waals surface area contributed by atoms with Gasteiger partial charge in [0, 0.05) is 0 Å². The van der Waals surface area contributed by atoms with E-state index < -0.39 is 0 Å². The lowest BCUT2D eigenvalue weighted by Gasteiger charge is -2.14. The minimum Gasteiger partial charge on any atom is -0.489 e. The first-order chi connectivity index (χ1) is 8.22. The number of nitrogens with one attached hydrogen (secondary N) is 2. The molecular weight excluding hydrogens is 238 g/mol. The number of aromatic nitrogens is 2. The van der Waals surface area contributed by atoms with Crippen LogP contribution < -0.4 is 15.6 Å². The van der Waals surface area contributed by atoms with Crippen LogP contribution in [0.5, 0.6) is 5.75 Å². The van der Waals surface area contributed by atoms with E-state index in [-0.39, 0.29) is 17.4 Å². The second kappa shape index (κ2) is 5.01. The van der Waals surface area contributed by atoms with E-state index in [4.69, 9.17) is 4.74 Å². The van der Waals surface area contributed by atoms with Crippen LogP contribution in [0.4, 0.5) is 5.82 Å². The Balaban J connectivity index is 2.24. The van der Waals surface area contributed by atoms with E-state index in [2.05, 4.69) is 20.7 Å². The Kier molecular flexibility index (Phi) is 3.43. The lowest BCUT2D eigenvalue weighted by atomic mass is 10.2. The highest BCUT2D eigenvalue weighted by molar-refractivity contribution is 7.07. The number of H-pyrrole nitrogens is 1. The summed E-state index contributed by atoms with van der Waals surface area (Å²) in [5, 5.41) is 7.22. The number of thiophene rings is 1. The summed E-state index contributed by atoms with van der Waals surface area (Å²) in [4.78, 5) is 18.0. The molecule has 90 valence electrons. The predicted octanol–water partition coefficient (Wildman–Crippen LogP) is 2.01. The van der Waals surface area contributed by atoms with Crippen molar-refractivity contribution >= 4 is 17.2 Å². The molecule has 0 aliphatic heterocycles. The van der Waals surface area contributed by atoms with Crippen LogP contribution in [0.15, 0.2) is 27.9 Å². The Hall–Kier alpha value is -1.82. The van der Waals surface area contributed by atoms with E-state index in [0.717, 1.165) is 5.56 Å². The molecule has 0 radical (unpaired) electrons. The van der Waals surface area contributed by atoms with Gasteiger partial charge in [-0.25, -0.2) is 4.98 Å². The van der Waals surface area contributed by atoms with Crippen LogP contribution in [0.25, 0.3) is 0 Å². The van der Waals surface area contributed by atoms with Gasteiger partial charge in [0.05, 0.1) is 19.5 Å². The molecule has 0 bridgehead atoms. The van der Waals surface area contributed by atoms with E-state index in [0.29, 0.717) is 5.82 Å². The molecule has 0 amide bonds. The lowest BCUT2D eigenvalue weighted by Crippen LogP contribution is -2.15. The first-order valence-corrected chi connectivity index (χ1v) is 6.07. The van der Waals surface area contributed by atoms with Gasteiger partial charge in [0.2, 0.25) is 5.75 Å². The second-order valence-electron chi connectivity index (χ2n) is 3.54. The zero-order valence-electron chi connectivity index (χ0n) is 9.56. The fourth-order valence-corrected chi connectivity index (χ4v) is 2.24. The van der Waals surface area contributed by atoms with Crippen molar-refractivity contribution in [2.75, 3.05) is 12.4 Å². The third-order valence-electron chi connectivity index (χ3n) is 2.41. The van der Waals surface area contributed by atoms with Crippen molar-refractivity contribution < 1.29 is 4.74 Å². The quantitative estimate of drug-likeness (QED) is 0.872. The molecule has 0 aromatic carbocycles. The largest absolute Gasteiger partial charge is 0.489 e. The summed E-state index contributed by atoms with van der Waals surface area (Å²) >= 11 is 1.63. The molecule has 2 heterocycles. The van der Waals surface area contributed by atoms with Crippen molar-refractivity contribution in [2.24, 2.45) is 0 Å². The van der Waals surface area contributed by atoms with Gasteiger partial charge in [-0.05, 0) is 29.3 Å². The van der Waals surface area contributed by atoms with Gasteiger partial charge in [-0.15, -0.1) is 0 Å². The molecule has 2 aromatic rings. The molecule has 0 saturated carbocycles. The molecule has 0 saturated heterocycles. The molecule has 2 rings (SSSR count). The maximum atomic E-state index is 11.5. The van der Waals surface area contributed by atoms with E-state index >= 15 is 0 Å². The maximum Gasteiger partial charge on any atom is 0.295 e. The molecule has 0 aliphatic carbocycles. The van der Waals surface area contributed by atoms with Crippen molar-refractivity contribution in [2.45, 2.75) is 13.0 Å². The Morgan fingerprint density at radius 2 is 2.41 bits per heavy atom. The highest BCUT2D eigenvalue weighted by atomic mass is 32.1. The summed E-state index contributed by atoms with van der Waals surface area (Å²) in [6.45, 7) is 2.00. The summed E-state index contributed by atoms with van der Waals surface area (Å²) in [5.74, 6) is 0.657. The van der Waals surface area contributed by atoms with E-state index in [1.54, 1.807) is 11.3 Å². The van der Waals surface area contributed by atoms with Crippen LogP contribution in [0.3, 0.4) is 0 Å².